The van der Waals surface area contributed by atoms with Crippen molar-refractivity contribution >= 4 is 0 Å². The molecule has 0 heterocycles. The molecule has 0 aromatic heterocycles. The van der Waals surface area contributed by atoms with Crippen LogP contribution in [0.3, 0.4) is 0 Å². The molecule has 0 spiro atoms. The largest absolute Gasteiger partial charge is 0.506 e. The van der Waals surface area contributed by atoms with E-state index in [0.717, 1.165) is 22.4 Å². The first-order valence-corrected chi connectivity index (χ1v) is 4.84. The van der Waals surface area contributed by atoms with E-state index in [4.69, 9.17) is 4.74 Å². The topological polar surface area (TPSA) is 41.5 Å². The molecule has 1 rings (SSSR count). The Balaban J connectivity index is 2.90. The number of rotatable bonds is 4. The van der Waals surface area contributed by atoms with Crippen LogP contribution in [-0.4, -0.2) is 7.11 Å². The second-order valence-electron chi connectivity index (χ2n) is 3.08. The van der Waals surface area contributed by atoms with Crippen molar-refractivity contribution in [1.29, 1.82) is 0 Å². The van der Waals surface area contributed by atoms with Gasteiger partial charge in [0.15, 0.2) is 0 Å². The van der Waals surface area contributed by atoms with Crippen LogP contribution in [0, 0.1) is 25.2 Å². The quantitative estimate of drug-likeness (QED) is 0.757. The third-order valence-electron chi connectivity index (χ3n) is 1.99. The fourth-order valence-corrected chi connectivity index (χ4v) is 1.70. The van der Waals surface area contributed by atoms with E-state index in [1.165, 1.54) is 0 Å². The van der Waals surface area contributed by atoms with Crippen LogP contribution < -0.4 is 9.40 Å². The first-order valence-electron chi connectivity index (χ1n) is 4.22. The molecule has 0 aliphatic carbocycles. The van der Waals surface area contributed by atoms with Crippen molar-refractivity contribution in [3.05, 3.63) is 28.8 Å². The van der Waals surface area contributed by atoms with Crippen molar-refractivity contribution < 1.29 is 25.0 Å². The van der Waals surface area contributed by atoms with Crippen molar-refractivity contribution in [3.63, 3.8) is 0 Å². The summed E-state index contributed by atoms with van der Waals surface area (Å²) in [5.41, 5.74) is 3.08. The third kappa shape index (κ3) is 2.61. The maximum absolute atomic E-state index is 10.0. The van der Waals surface area contributed by atoms with Gasteiger partial charge < -0.3 is 9.40 Å². The fraction of sp³-hybridized carbons (Fsp3) is 0.400. The molecule has 0 aliphatic heterocycles. The second kappa shape index (κ2) is 5.20. The number of hydrogen-bond donors (Lipinski definition) is 0. The SMILES string of the molecule is COc1c(C)cc(CO[Cl+][O-])cc1C. The summed E-state index contributed by atoms with van der Waals surface area (Å²) >= 11 is 0.559. The van der Waals surface area contributed by atoms with Gasteiger partial charge in [0, 0.05) is 0 Å². The highest BCUT2D eigenvalue weighted by atomic mass is 35.6. The molecular weight excluding hydrogens is 204 g/mol. The fourth-order valence-electron chi connectivity index (χ4n) is 1.53. The molecule has 0 fully saturated rings. The van der Waals surface area contributed by atoms with E-state index in [0.29, 0.717) is 17.9 Å². The molecule has 0 saturated heterocycles. The van der Waals surface area contributed by atoms with Gasteiger partial charge in [-0.15, -0.1) is 0 Å². The highest BCUT2D eigenvalue weighted by molar-refractivity contribution is 5.43. The number of halogens is 1. The Kier molecular flexibility index (Phi) is 4.20. The van der Waals surface area contributed by atoms with Gasteiger partial charge in [-0.1, -0.05) is 4.29 Å². The molecule has 0 amide bonds. The summed E-state index contributed by atoms with van der Waals surface area (Å²) in [5, 5.41) is 0. The van der Waals surface area contributed by atoms with Crippen LogP contribution in [0.4, 0.5) is 0 Å². The van der Waals surface area contributed by atoms with E-state index in [1.54, 1.807) is 7.11 Å². The average molecular weight is 217 g/mol. The Morgan fingerprint density at radius 3 is 2.29 bits per heavy atom. The minimum absolute atomic E-state index is 0.308. The normalized spacial score (nSPS) is 10.3. The summed E-state index contributed by atoms with van der Waals surface area (Å²) in [7, 11) is 1.65. The Morgan fingerprint density at radius 1 is 1.29 bits per heavy atom. The lowest BCUT2D eigenvalue weighted by Crippen LogP contribution is -2.04. The minimum Gasteiger partial charge on any atom is -0.506 e. The Labute approximate surface area is 87.7 Å². The van der Waals surface area contributed by atoms with E-state index < -0.39 is 0 Å². The van der Waals surface area contributed by atoms with Gasteiger partial charge in [0.2, 0.25) is 0 Å². The summed E-state index contributed by atoms with van der Waals surface area (Å²) in [5.74, 6) is 0.888. The van der Waals surface area contributed by atoms with Gasteiger partial charge >= 0.3 is 11.3 Å². The maximum atomic E-state index is 10.0. The van der Waals surface area contributed by atoms with Crippen LogP contribution in [0.5, 0.6) is 5.75 Å². The molecule has 0 bridgehead atoms. The van der Waals surface area contributed by atoms with Crippen LogP contribution in [0.1, 0.15) is 16.7 Å². The van der Waals surface area contributed by atoms with Crippen LogP contribution in [0.25, 0.3) is 0 Å². The number of hydrogen-bond acceptors (Lipinski definition) is 3. The highest BCUT2D eigenvalue weighted by Crippen LogP contribution is 2.24. The lowest BCUT2D eigenvalue weighted by molar-refractivity contribution is -1.27. The highest BCUT2D eigenvalue weighted by Gasteiger charge is 2.06. The van der Waals surface area contributed by atoms with Gasteiger partial charge in [0.1, 0.15) is 12.4 Å². The van der Waals surface area contributed by atoms with Gasteiger partial charge in [-0.05, 0) is 42.7 Å². The summed E-state index contributed by atoms with van der Waals surface area (Å²) in [4.78, 5) is 0. The van der Waals surface area contributed by atoms with E-state index in [-0.39, 0.29) is 0 Å². The van der Waals surface area contributed by atoms with E-state index >= 15 is 0 Å². The number of methoxy groups -OCH3 is 1. The monoisotopic (exact) mass is 216 g/mol. The molecule has 0 saturated carbocycles. The molecule has 0 N–H and O–H groups in total. The van der Waals surface area contributed by atoms with Crippen LogP contribution in [0.2, 0.25) is 0 Å². The lowest BCUT2D eigenvalue weighted by atomic mass is 10.1. The van der Waals surface area contributed by atoms with Crippen molar-refractivity contribution in [2.45, 2.75) is 20.5 Å². The van der Waals surface area contributed by atoms with E-state index in [1.807, 2.05) is 26.0 Å². The smallest absolute Gasteiger partial charge is 0.331 e. The van der Waals surface area contributed by atoms with E-state index in [2.05, 4.69) is 4.29 Å². The summed E-state index contributed by atoms with van der Waals surface area (Å²) in [6.07, 6.45) is 0. The Hall–Kier alpha value is -0.770. The molecule has 3 nitrogen and oxygen atoms in total. The molecule has 1 aromatic carbocycles. The predicted octanol–water partition coefficient (Wildman–Crippen LogP) is 1.10. The summed E-state index contributed by atoms with van der Waals surface area (Å²) in [6.45, 7) is 4.24. The van der Waals surface area contributed by atoms with Crippen molar-refractivity contribution in [1.82, 2.24) is 0 Å². The molecule has 1 aromatic rings. The standard InChI is InChI=1S/C10H13ClO3/c1-7-4-9(6-14-11-12)5-8(2)10(7)13-3/h4-5H,6H2,1-3H3. The van der Waals surface area contributed by atoms with E-state index in [9.17, 15) is 4.66 Å². The molecule has 0 unspecified atom stereocenters. The average Bonchev–Trinajstić information content (AvgIpc) is 2.14. The number of aryl methyl sites for hydroxylation is 2. The molecule has 14 heavy (non-hydrogen) atoms. The Morgan fingerprint density at radius 2 is 1.86 bits per heavy atom. The minimum atomic E-state index is 0.308. The van der Waals surface area contributed by atoms with Gasteiger partial charge in [-0.3, -0.25) is 0 Å². The zero-order valence-electron chi connectivity index (χ0n) is 8.46. The number of benzene rings is 1. The van der Waals surface area contributed by atoms with Crippen LogP contribution in [0.15, 0.2) is 12.1 Å². The van der Waals surface area contributed by atoms with Gasteiger partial charge in [-0.2, -0.15) is 0 Å². The molecule has 78 valence electrons. The van der Waals surface area contributed by atoms with Crippen molar-refractivity contribution in [2.24, 2.45) is 0 Å². The first kappa shape index (κ1) is 11.3. The van der Waals surface area contributed by atoms with Crippen LogP contribution >= 0.6 is 0 Å². The number of ether oxygens (including phenoxy) is 1. The molecule has 4 heteroatoms. The zero-order chi connectivity index (χ0) is 10.6. The first-order chi connectivity index (χ1) is 6.69. The summed E-state index contributed by atoms with van der Waals surface area (Å²) in [6, 6.07) is 3.90. The molecule has 0 atom stereocenters. The third-order valence-corrected chi connectivity index (χ3v) is 2.19. The lowest BCUT2D eigenvalue weighted by Gasteiger charge is -2.09. The maximum Gasteiger partial charge on any atom is 0.331 e. The molecular formula is C10H13ClO3. The second-order valence-corrected chi connectivity index (χ2v) is 3.42. The predicted molar refractivity (Wildman–Crippen MR) is 47.3 cm³/mol. The van der Waals surface area contributed by atoms with Gasteiger partial charge in [-0.25, -0.2) is 0 Å². The van der Waals surface area contributed by atoms with Gasteiger partial charge in [0.05, 0.1) is 7.11 Å². The molecule has 0 aliphatic rings. The van der Waals surface area contributed by atoms with Crippen LogP contribution in [-0.2, 0) is 10.9 Å². The summed E-state index contributed by atoms with van der Waals surface area (Å²) < 4.78 is 19.9. The van der Waals surface area contributed by atoms with Crippen molar-refractivity contribution in [2.75, 3.05) is 7.11 Å². The molecule has 0 radical (unpaired) electrons. The Bertz CT molecular complexity index is 289. The zero-order valence-corrected chi connectivity index (χ0v) is 9.22. The van der Waals surface area contributed by atoms with Crippen molar-refractivity contribution in [3.8, 4) is 5.75 Å². The van der Waals surface area contributed by atoms with Gasteiger partial charge in [0.25, 0.3) is 0 Å².